The molecule has 17 nitrogen and oxygen atoms in total. The molecule has 4 aromatic rings. The highest BCUT2D eigenvalue weighted by Gasteiger charge is 2.44. The van der Waals surface area contributed by atoms with Crippen molar-refractivity contribution in [2.24, 2.45) is 11.3 Å². The Hall–Kier alpha value is -5.66. The summed E-state index contributed by atoms with van der Waals surface area (Å²) in [4.78, 5) is 62.9. The molecule has 0 spiro atoms. The number of ether oxygens (including phenoxy) is 2. The maximum atomic E-state index is 14.7. The van der Waals surface area contributed by atoms with Gasteiger partial charge in [0.15, 0.2) is 0 Å². The number of nitrogens with zero attached hydrogens (tertiary/aromatic N) is 6. The predicted octanol–water partition coefficient (Wildman–Crippen LogP) is 4.53. The molecule has 358 valence electrons. The number of pyridine rings is 1. The second-order valence-electron chi connectivity index (χ2n) is 19.1. The van der Waals surface area contributed by atoms with Crippen molar-refractivity contribution in [1.29, 1.82) is 0 Å². The lowest BCUT2D eigenvalue weighted by atomic mass is 9.84. The first-order valence-electron chi connectivity index (χ1n) is 23.1. The fraction of sp³-hybridized carbons (Fsp3) is 0.490. The van der Waals surface area contributed by atoms with E-state index in [0.29, 0.717) is 68.6 Å². The number of carbonyl (C=O) groups excluding carboxylic acids is 4. The number of esters is 1. The second-order valence-corrected chi connectivity index (χ2v) is 21.1. The second kappa shape index (κ2) is 19.1. The van der Waals surface area contributed by atoms with Gasteiger partial charge in [0.1, 0.15) is 23.5 Å². The molecule has 3 amide bonds. The van der Waals surface area contributed by atoms with Crippen molar-refractivity contribution < 1.29 is 42.2 Å². The minimum atomic E-state index is -3.64. The van der Waals surface area contributed by atoms with Gasteiger partial charge in [0.05, 0.1) is 24.8 Å². The van der Waals surface area contributed by atoms with Crippen molar-refractivity contribution in [3.63, 3.8) is 0 Å². The Balaban J connectivity index is 1.18. The van der Waals surface area contributed by atoms with Crippen LogP contribution in [0.4, 0.5) is 0 Å². The number of rotatable bonds is 10. The van der Waals surface area contributed by atoms with E-state index in [-0.39, 0.29) is 44.1 Å². The summed E-state index contributed by atoms with van der Waals surface area (Å²) in [6.45, 7) is 12.1. The number of phenols is 1. The summed E-state index contributed by atoms with van der Waals surface area (Å²) in [5, 5.41) is 16.6. The normalized spacial score (nSPS) is 21.4. The molecule has 3 N–H and O–H groups in total. The number of amides is 3. The van der Waals surface area contributed by atoms with Crippen LogP contribution >= 0.6 is 0 Å². The van der Waals surface area contributed by atoms with Crippen molar-refractivity contribution in [3.8, 4) is 28.1 Å². The zero-order valence-electron chi connectivity index (χ0n) is 39.4. The van der Waals surface area contributed by atoms with Crippen molar-refractivity contribution >= 4 is 44.8 Å². The first kappa shape index (κ1) is 47.8. The van der Waals surface area contributed by atoms with E-state index < -0.39 is 57.3 Å². The molecule has 4 aliphatic heterocycles. The average molecular weight is 939 g/mol. The maximum absolute atomic E-state index is 14.7. The molecule has 2 aromatic heterocycles. The van der Waals surface area contributed by atoms with Gasteiger partial charge in [0, 0.05) is 94.1 Å². The van der Waals surface area contributed by atoms with E-state index >= 15 is 0 Å². The first-order chi connectivity index (χ1) is 31.9. The SMILES string of the molecule is CCn1c(-c2cnccc2COC)c2c3cc(ccc31)-c1cc(O)cc(c1)C[C@H](NC(=O)C(=C(C)C)N(C)C(=O)[C@H]1CCN(S(=O)(=O)N3CC3)C1)C(=O)N1CCC[C@H](N1)C(=O)OCC(C)(C)C2. The Morgan fingerprint density at radius 3 is 2.52 bits per heavy atom. The topological polar surface area (TPSA) is 196 Å². The molecule has 0 unspecified atom stereocenters. The Bertz CT molecular complexity index is 2740. The van der Waals surface area contributed by atoms with Crippen LogP contribution in [0.25, 0.3) is 33.3 Å². The van der Waals surface area contributed by atoms with Crippen LogP contribution in [0.3, 0.4) is 0 Å². The quantitative estimate of drug-likeness (QED) is 0.115. The van der Waals surface area contributed by atoms with Crippen molar-refractivity contribution in [2.75, 3.05) is 53.5 Å². The van der Waals surface area contributed by atoms with Gasteiger partial charge in [-0.25, -0.2) is 5.43 Å². The molecule has 8 rings (SSSR count). The molecule has 3 fully saturated rings. The van der Waals surface area contributed by atoms with Crippen LogP contribution in [-0.2, 0) is 64.9 Å². The standard InChI is InChI=1S/C49H62N8O9S/c1-8-56-42-12-11-32-24-37(42)38(44(56)39-26-50-15-13-34(39)28-65-7)25-49(4,5)29-66-48(62)40-10-9-16-57(52-40)47(61)41(22-31-20-35(32)23-36(58)21-31)51-45(59)43(30(2)3)53(6)46(60)33-14-17-55(27-33)67(63,64)54-18-19-54/h11-13,15,20-21,23-24,26,33,40-41,52,58H,8-10,14,16-19,22,25,27-29H2,1-7H3,(H,51,59)/t33-,40-,41-/m0/s1. The molecule has 3 atom stereocenters. The third kappa shape index (κ3) is 9.86. The third-order valence-electron chi connectivity index (χ3n) is 13.2. The van der Waals surface area contributed by atoms with Gasteiger partial charge >= 0.3 is 5.97 Å². The minimum absolute atomic E-state index is 0.00199. The lowest BCUT2D eigenvalue weighted by Gasteiger charge is -2.36. The molecule has 0 saturated carbocycles. The van der Waals surface area contributed by atoms with Gasteiger partial charge in [-0.05, 0) is 110 Å². The zero-order chi connectivity index (χ0) is 47.9. The Labute approximate surface area is 392 Å². The molecule has 6 heterocycles. The summed E-state index contributed by atoms with van der Waals surface area (Å²) >= 11 is 0. The molecular weight excluding hydrogens is 877 g/mol. The van der Waals surface area contributed by atoms with Gasteiger partial charge in [0.25, 0.3) is 22.0 Å². The molecule has 18 heteroatoms. The number of hydrazine groups is 1. The fourth-order valence-corrected chi connectivity index (χ4v) is 11.4. The van der Waals surface area contributed by atoms with Crippen LogP contribution in [0, 0.1) is 11.3 Å². The van der Waals surface area contributed by atoms with Gasteiger partial charge in [-0.3, -0.25) is 29.2 Å². The number of phenolic OH excluding ortho intramolecular Hbond substituents is 1. The van der Waals surface area contributed by atoms with Crippen LogP contribution in [0.5, 0.6) is 5.75 Å². The molecule has 0 aliphatic carbocycles. The number of aromatic hydroxyl groups is 1. The fourth-order valence-electron chi connectivity index (χ4n) is 9.83. The third-order valence-corrected chi connectivity index (χ3v) is 15.2. The smallest absolute Gasteiger partial charge is 0.324 e. The lowest BCUT2D eigenvalue weighted by molar-refractivity contribution is -0.155. The number of cyclic esters (lactones) is 1. The molecule has 0 radical (unpaired) electrons. The van der Waals surface area contributed by atoms with E-state index in [2.05, 4.69) is 53.2 Å². The largest absolute Gasteiger partial charge is 0.508 e. The van der Waals surface area contributed by atoms with Crippen molar-refractivity contribution in [3.05, 3.63) is 82.8 Å². The molecular formula is C49H62N8O9S. The van der Waals surface area contributed by atoms with Gasteiger partial charge in [-0.15, -0.1) is 0 Å². The van der Waals surface area contributed by atoms with E-state index in [1.807, 2.05) is 24.4 Å². The number of allylic oxidation sites excluding steroid dienone is 1. The average Bonchev–Trinajstić information content (AvgIpc) is 3.97. The predicted molar refractivity (Wildman–Crippen MR) is 252 cm³/mol. The highest BCUT2D eigenvalue weighted by atomic mass is 32.2. The summed E-state index contributed by atoms with van der Waals surface area (Å²) < 4.78 is 42.5. The summed E-state index contributed by atoms with van der Waals surface area (Å²) in [5.41, 5.74) is 10.1. The molecule has 3 saturated heterocycles. The summed E-state index contributed by atoms with van der Waals surface area (Å²) in [7, 11) is -0.491. The number of hydrogen-bond donors (Lipinski definition) is 3. The zero-order valence-corrected chi connectivity index (χ0v) is 40.2. The maximum Gasteiger partial charge on any atom is 0.324 e. The summed E-state index contributed by atoms with van der Waals surface area (Å²) in [6, 6.07) is 11.2. The van der Waals surface area contributed by atoms with Gasteiger partial charge < -0.3 is 29.4 Å². The Morgan fingerprint density at radius 1 is 1.03 bits per heavy atom. The van der Waals surface area contributed by atoms with Crippen LogP contribution in [0.1, 0.15) is 70.6 Å². The van der Waals surface area contributed by atoms with Crippen LogP contribution < -0.4 is 10.7 Å². The van der Waals surface area contributed by atoms with Crippen molar-refractivity contribution in [2.45, 2.75) is 92.0 Å². The summed E-state index contributed by atoms with van der Waals surface area (Å²) in [6.07, 6.45) is 5.31. The molecule has 6 bridgehead atoms. The van der Waals surface area contributed by atoms with Gasteiger partial charge in [-0.1, -0.05) is 26.0 Å². The van der Waals surface area contributed by atoms with Gasteiger partial charge in [0.2, 0.25) is 5.91 Å². The highest BCUT2D eigenvalue weighted by Crippen LogP contribution is 2.41. The number of nitrogens with one attached hydrogen (secondary N) is 2. The monoisotopic (exact) mass is 938 g/mol. The van der Waals surface area contributed by atoms with E-state index in [9.17, 15) is 32.7 Å². The molecule has 4 aliphatic rings. The molecule has 67 heavy (non-hydrogen) atoms. The van der Waals surface area contributed by atoms with Crippen LogP contribution in [-0.4, -0.2) is 131 Å². The van der Waals surface area contributed by atoms with E-state index in [1.54, 1.807) is 39.3 Å². The van der Waals surface area contributed by atoms with Crippen LogP contribution in [0.15, 0.2) is 66.1 Å². The van der Waals surface area contributed by atoms with Crippen LogP contribution in [0.2, 0.25) is 0 Å². The summed E-state index contributed by atoms with van der Waals surface area (Å²) in [5.74, 6) is -2.83. The Morgan fingerprint density at radius 2 is 1.81 bits per heavy atom. The minimum Gasteiger partial charge on any atom is -0.508 e. The van der Waals surface area contributed by atoms with E-state index in [4.69, 9.17) is 9.47 Å². The first-order valence-corrected chi connectivity index (χ1v) is 24.5. The van der Waals surface area contributed by atoms with E-state index in [1.165, 1.54) is 25.6 Å². The number of aromatic nitrogens is 2. The number of methoxy groups -OCH3 is 1. The van der Waals surface area contributed by atoms with Crippen molar-refractivity contribution in [1.82, 2.24) is 38.8 Å². The Kier molecular flexibility index (Phi) is 13.7. The molecule has 2 aromatic carbocycles. The number of carbonyl (C=O) groups is 4. The van der Waals surface area contributed by atoms with Gasteiger partial charge in [-0.2, -0.15) is 17.0 Å². The number of aryl methyl sites for hydroxylation is 1. The van der Waals surface area contributed by atoms with E-state index in [0.717, 1.165) is 38.9 Å². The number of benzene rings is 2. The highest BCUT2D eigenvalue weighted by molar-refractivity contribution is 7.87. The lowest BCUT2D eigenvalue weighted by Crippen LogP contribution is -2.60. The number of hydrogen-bond acceptors (Lipinski definition) is 11. The number of fused-ring (bicyclic) bond motifs is 6. The number of likely N-dealkylation sites (N-methyl/N-ethyl adjacent to an activating group) is 1.